The number of aromatic nitrogens is 1. The maximum atomic E-state index is 10.8. The van der Waals surface area contributed by atoms with Crippen molar-refractivity contribution in [2.24, 2.45) is 5.92 Å². The number of hydrogen-bond acceptors (Lipinski definition) is 4. The quantitative estimate of drug-likeness (QED) is 0.480. The lowest BCUT2D eigenvalue weighted by molar-refractivity contribution is -0.385. The van der Waals surface area contributed by atoms with Gasteiger partial charge in [0.1, 0.15) is 5.82 Å². The number of hydrogen-bond donors (Lipinski definition) is 0. The Kier molecular flexibility index (Phi) is 4.76. The van der Waals surface area contributed by atoms with Crippen LogP contribution in [0.1, 0.15) is 18.4 Å². The van der Waals surface area contributed by atoms with E-state index in [0.717, 1.165) is 38.2 Å². The predicted octanol–water partition coefficient (Wildman–Crippen LogP) is 4.10. The van der Waals surface area contributed by atoms with Gasteiger partial charge in [0.25, 0.3) is 0 Å². The first-order chi connectivity index (χ1) is 11.1. The molecule has 1 aliphatic rings. The van der Waals surface area contributed by atoms with Gasteiger partial charge in [-0.15, -0.1) is 0 Å². The van der Waals surface area contributed by atoms with Crippen molar-refractivity contribution in [1.82, 2.24) is 4.98 Å². The van der Waals surface area contributed by atoms with Crippen molar-refractivity contribution in [2.45, 2.75) is 19.3 Å². The Morgan fingerprint density at radius 1 is 1.17 bits per heavy atom. The van der Waals surface area contributed by atoms with E-state index < -0.39 is 4.92 Å². The van der Waals surface area contributed by atoms with Crippen LogP contribution in [-0.2, 0) is 6.42 Å². The summed E-state index contributed by atoms with van der Waals surface area (Å²) in [6, 6.07) is 13.6. The average Bonchev–Trinajstić information content (AvgIpc) is 2.56. The standard InChI is InChI=1S/C17H18ClN3O2/c18-17-15(21(22)23)6-7-16(19-17)20-10-8-14(9-11-20)12-13-4-2-1-3-5-13/h1-7,14H,8-12H2. The summed E-state index contributed by atoms with van der Waals surface area (Å²) >= 11 is 5.90. The van der Waals surface area contributed by atoms with Crippen LogP contribution in [0.5, 0.6) is 0 Å². The highest BCUT2D eigenvalue weighted by Gasteiger charge is 2.22. The summed E-state index contributed by atoms with van der Waals surface area (Å²) in [5, 5.41) is 10.8. The Hall–Kier alpha value is -2.14. The van der Waals surface area contributed by atoms with Crippen LogP contribution in [0.25, 0.3) is 0 Å². The number of piperidine rings is 1. The first-order valence-corrected chi connectivity index (χ1v) is 8.11. The molecule has 120 valence electrons. The molecule has 6 heteroatoms. The summed E-state index contributed by atoms with van der Waals surface area (Å²) in [6.07, 6.45) is 3.28. The normalized spacial score (nSPS) is 15.6. The van der Waals surface area contributed by atoms with Crippen LogP contribution in [0.4, 0.5) is 11.5 Å². The molecule has 1 saturated heterocycles. The second-order valence-corrected chi connectivity index (χ2v) is 6.21. The Balaban J connectivity index is 1.60. The molecule has 2 heterocycles. The van der Waals surface area contributed by atoms with E-state index >= 15 is 0 Å². The second-order valence-electron chi connectivity index (χ2n) is 5.86. The highest BCUT2D eigenvalue weighted by atomic mass is 35.5. The number of nitro groups is 1. The summed E-state index contributed by atoms with van der Waals surface area (Å²) in [5.74, 6) is 1.39. The average molecular weight is 332 g/mol. The molecule has 0 saturated carbocycles. The van der Waals surface area contributed by atoms with Crippen LogP contribution in [0, 0.1) is 16.0 Å². The Morgan fingerprint density at radius 3 is 2.48 bits per heavy atom. The molecule has 1 aliphatic heterocycles. The molecular formula is C17H18ClN3O2. The largest absolute Gasteiger partial charge is 0.357 e. The molecule has 0 spiro atoms. The first-order valence-electron chi connectivity index (χ1n) is 7.73. The lowest BCUT2D eigenvalue weighted by Crippen LogP contribution is -2.34. The SMILES string of the molecule is O=[N+]([O-])c1ccc(N2CCC(Cc3ccccc3)CC2)nc1Cl. The van der Waals surface area contributed by atoms with E-state index in [1.807, 2.05) is 6.07 Å². The van der Waals surface area contributed by atoms with Gasteiger partial charge in [-0.3, -0.25) is 10.1 Å². The van der Waals surface area contributed by atoms with Crippen molar-refractivity contribution in [3.05, 3.63) is 63.3 Å². The van der Waals surface area contributed by atoms with Crippen molar-refractivity contribution in [1.29, 1.82) is 0 Å². The number of pyridine rings is 1. The fraction of sp³-hybridized carbons (Fsp3) is 0.353. The van der Waals surface area contributed by atoms with E-state index in [1.165, 1.54) is 11.6 Å². The Bertz CT molecular complexity index is 685. The monoisotopic (exact) mass is 331 g/mol. The summed E-state index contributed by atoms with van der Waals surface area (Å²) in [4.78, 5) is 16.6. The molecule has 2 aromatic rings. The van der Waals surface area contributed by atoms with Gasteiger partial charge in [0.15, 0.2) is 0 Å². The van der Waals surface area contributed by atoms with E-state index in [-0.39, 0.29) is 10.8 Å². The molecule has 0 N–H and O–H groups in total. The fourth-order valence-corrected chi connectivity index (χ4v) is 3.26. The summed E-state index contributed by atoms with van der Waals surface area (Å²) in [5.41, 5.74) is 1.23. The Labute approximate surface area is 140 Å². The lowest BCUT2D eigenvalue weighted by atomic mass is 9.90. The van der Waals surface area contributed by atoms with Gasteiger partial charge in [-0.2, -0.15) is 0 Å². The van der Waals surface area contributed by atoms with Gasteiger partial charge in [-0.1, -0.05) is 41.9 Å². The third-order valence-electron chi connectivity index (χ3n) is 4.32. The van der Waals surface area contributed by atoms with Crippen molar-refractivity contribution >= 4 is 23.1 Å². The van der Waals surface area contributed by atoms with Gasteiger partial charge in [-0.05, 0) is 36.8 Å². The Morgan fingerprint density at radius 2 is 1.87 bits per heavy atom. The zero-order valence-electron chi connectivity index (χ0n) is 12.7. The number of anilines is 1. The highest BCUT2D eigenvalue weighted by Crippen LogP contribution is 2.28. The summed E-state index contributed by atoms with van der Waals surface area (Å²) in [7, 11) is 0. The molecule has 0 bridgehead atoms. The highest BCUT2D eigenvalue weighted by molar-refractivity contribution is 6.31. The molecule has 1 aromatic heterocycles. The fourth-order valence-electron chi connectivity index (χ4n) is 3.04. The van der Waals surface area contributed by atoms with E-state index in [1.54, 1.807) is 6.07 Å². The van der Waals surface area contributed by atoms with Crippen molar-refractivity contribution in [3.63, 3.8) is 0 Å². The van der Waals surface area contributed by atoms with Crippen LogP contribution < -0.4 is 4.90 Å². The first kappa shape index (κ1) is 15.7. The molecular weight excluding hydrogens is 314 g/mol. The van der Waals surface area contributed by atoms with Crippen LogP contribution in [0.3, 0.4) is 0 Å². The molecule has 1 aromatic carbocycles. The minimum absolute atomic E-state index is 0.0427. The van der Waals surface area contributed by atoms with Gasteiger partial charge in [0, 0.05) is 19.2 Å². The van der Waals surface area contributed by atoms with Gasteiger partial charge >= 0.3 is 5.69 Å². The molecule has 0 unspecified atom stereocenters. The molecule has 0 aliphatic carbocycles. The van der Waals surface area contributed by atoms with Crippen LogP contribution in [-0.4, -0.2) is 23.0 Å². The smallest absolute Gasteiger partial charge is 0.306 e. The molecule has 23 heavy (non-hydrogen) atoms. The van der Waals surface area contributed by atoms with Crippen molar-refractivity contribution < 1.29 is 4.92 Å². The lowest BCUT2D eigenvalue weighted by Gasteiger charge is -2.32. The van der Waals surface area contributed by atoms with Gasteiger partial charge in [0.2, 0.25) is 5.15 Å². The topological polar surface area (TPSA) is 59.3 Å². The third-order valence-corrected chi connectivity index (χ3v) is 4.59. The molecule has 0 radical (unpaired) electrons. The zero-order valence-corrected chi connectivity index (χ0v) is 13.4. The minimum atomic E-state index is -0.509. The number of benzene rings is 1. The molecule has 3 rings (SSSR count). The maximum Gasteiger partial charge on any atom is 0.306 e. The van der Waals surface area contributed by atoms with E-state index in [4.69, 9.17) is 11.6 Å². The number of rotatable bonds is 4. The van der Waals surface area contributed by atoms with Gasteiger partial charge in [-0.25, -0.2) is 4.98 Å². The minimum Gasteiger partial charge on any atom is -0.357 e. The van der Waals surface area contributed by atoms with Gasteiger partial charge in [0.05, 0.1) is 4.92 Å². The third kappa shape index (κ3) is 3.79. The maximum absolute atomic E-state index is 10.8. The number of halogens is 1. The van der Waals surface area contributed by atoms with Crippen LogP contribution in [0.15, 0.2) is 42.5 Å². The van der Waals surface area contributed by atoms with E-state index in [0.29, 0.717) is 5.92 Å². The van der Waals surface area contributed by atoms with Crippen molar-refractivity contribution in [2.75, 3.05) is 18.0 Å². The molecule has 5 nitrogen and oxygen atoms in total. The summed E-state index contributed by atoms with van der Waals surface area (Å²) < 4.78 is 0. The van der Waals surface area contributed by atoms with Crippen LogP contribution >= 0.6 is 11.6 Å². The molecule has 1 fully saturated rings. The van der Waals surface area contributed by atoms with Crippen LogP contribution in [0.2, 0.25) is 5.15 Å². The second kappa shape index (κ2) is 6.96. The summed E-state index contributed by atoms with van der Waals surface area (Å²) in [6.45, 7) is 1.80. The van der Waals surface area contributed by atoms with E-state index in [2.05, 4.69) is 34.1 Å². The van der Waals surface area contributed by atoms with Crippen molar-refractivity contribution in [3.8, 4) is 0 Å². The zero-order chi connectivity index (χ0) is 16.2. The number of nitrogens with zero attached hydrogens (tertiary/aromatic N) is 3. The molecule has 0 atom stereocenters. The van der Waals surface area contributed by atoms with E-state index in [9.17, 15) is 10.1 Å². The predicted molar refractivity (Wildman–Crippen MR) is 91.0 cm³/mol. The van der Waals surface area contributed by atoms with Gasteiger partial charge < -0.3 is 4.90 Å². The molecule has 0 amide bonds.